The smallest absolute Gasteiger partial charge is 0.303 e. The number of rotatable bonds is 5. The van der Waals surface area contributed by atoms with E-state index >= 15 is 0 Å². The molecular formula is C12H13N3O2. The number of hydrogen-bond donors (Lipinski definition) is 1. The fourth-order valence-electron chi connectivity index (χ4n) is 1.54. The minimum Gasteiger partial charge on any atom is -0.481 e. The van der Waals surface area contributed by atoms with Gasteiger partial charge in [0.1, 0.15) is 5.69 Å². The Kier molecular flexibility index (Phi) is 3.49. The summed E-state index contributed by atoms with van der Waals surface area (Å²) in [6.45, 7) is 0.576. The van der Waals surface area contributed by atoms with Crippen LogP contribution in [0.25, 0.3) is 11.3 Å². The first-order valence-electron chi connectivity index (χ1n) is 5.43. The molecule has 17 heavy (non-hydrogen) atoms. The average molecular weight is 231 g/mol. The van der Waals surface area contributed by atoms with Crippen molar-refractivity contribution in [1.82, 2.24) is 15.0 Å². The summed E-state index contributed by atoms with van der Waals surface area (Å²) in [6.07, 6.45) is 2.55. The standard InChI is InChI=1S/C12H13N3O2/c16-12(17)7-4-8-15-9-11(13-14-15)10-5-2-1-3-6-10/h1-3,5-6,9H,4,7-8H2,(H,16,17). The van der Waals surface area contributed by atoms with E-state index in [1.54, 1.807) is 4.68 Å². The lowest BCUT2D eigenvalue weighted by atomic mass is 10.2. The monoisotopic (exact) mass is 231 g/mol. The van der Waals surface area contributed by atoms with Crippen LogP contribution >= 0.6 is 0 Å². The number of aliphatic carboxylic acids is 1. The average Bonchev–Trinajstić information content (AvgIpc) is 2.78. The second-order valence-electron chi connectivity index (χ2n) is 3.73. The first kappa shape index (κ1) is 11.3. The van der Waals surface area contributed by atoms with Crippen LogP contribution in [-0.2, 0) is 11.3 Å². The van der Waals surface area contributed by atoms with Gasteiger partial charge in [-0.25, -0.2) is 0 Å². The first-order valence-corrected chi connectivity index (χ1v) is 5.43. The molecule has 1 aromatic carbocycles. The zero-order valence-electron chi connectivity index (χ0n) is 9.28. The Morgan fingerprint density at radius 1 is 1.29 bits per heavy atom. The van der Waals surface area contributed by atoms with Crippen LogP contribution in [0, 0.1) is 0 Å². The van der Waals surface area contributed by atoms with E-state index in [0.29, 0.717) is 13.0 Å². The number of carbonyl (C=O) groups is 1. The van der Waals surface area contributed by atoms with Gasteiger partial charge in [-0.05, 0) is 6.42 Å². The summed E-state index contributed by atoms with van der Waals surface area (Å²) in [5.41, 5.74) is 1.82. The van der Waals surface area contributed by atoms with Gasteiger partial charge in [0.2, 0.25) is 0 Å². The Morgan fingerprint density at radius 3 is 2.76 bits per heavy atom. The SMILES string of the molecule is O=C(O)CCCn1cc(-c2ccccc2)nn1. The molecule has 0 saturated heterocycles. The molecule has 0 atom stereocenters. The summed E-state index contributed by atoms with van der Waals surface area (Å²) in [4.78, 5) is 10.4. The molecule has 0 fully saturated rings. The Morgan fingerprint density at radius 2 is 2.06 bits per heavy atom. The summed E-state index contributed by atoms with van der Waals surface area (Å²) in [7, 11) is 0. The second kappa shape index (κ2) is 5.25. The van der Waals surface area contributed by atoms with Gasteiger partial charge in [-0.15, -0.1) is 5.10 Å². The molecule has 1 aromatic heterocycles. The summed E-state index contributed by atoms with van der Waals surface area (Å²) in [6, 6.07) is 9.76. The quantitative estimate of drug-likeness (QED) is 0.852. The van der Waals surface area contributed by atoms with Gasteiger partial charge in [0.15, 0.2) is 0 Å². The summed E-state index contributed by atoms with van der Waals surface area (Å²) in [5.74, 6) is -0.784. The Balaban J connectivity index is 1.99. The predicted octanol–water partition coefficient (Wildman–Crippen LogP) is 1.81. The maximum Gasteiger partial charge on any atom is 0.303 e. The Labute approximate surface area is 98.7 Å². The van der Waals surface area contributed by atoms with Gasteiger partial charge in [0.25, 0.3) is 0 Å². The molecule has 0 aliphatic rings. The number of aryl methyl sites for hydroxylation is 1. The zero-order chi connectivity index (χ0) is 12.1. The minimum atomic E-state index is -0.784. The van der Waals surface area contributed by atoms with Crippen molar-refractivity contribution < 1.29 is 9.90 Å². The minimum absolute atomic E-state index is 0.153. The molecule has 1 heterocycles. The van der Waals surface area contributed by atoms with Crippen LogP contribution in [-0.4, -0.2) is 26.1 Å². The van der Waals surface area contributed by atoms with Crippen LogP contribution in [0.1, 0.15) is 12.8 Å². The van der Waals surface area contributed by atoms with Gasteiger partial charge in [-0.1, -0.05) is 35.5 Å². The third-order valence-corrected chi connectivity index (χ3v) is 2.39. The number of nitrogens with zero attached hydrogens (tertiary/aromatic N) is 3. The molecule has 0 saturated carbocycles. The lowest BCUT2D eigenvalue weighted by Gasteiger charge is -1.96. The highest BCUT2D eigenvalue weighted by Crippen LogP contribution is 2.14. The molecule has 0 radical (unpaired) electrons. The number of carboxylic acid groups (broad SMARTS) is 1. The molecular weight excluding hydrogens is 218 g/mol. The lowest BCUT2D eigenvalue weighted by molar-refractivity contribution is -0.137. The van der Waals surface area contributed by atoms with E-state index in [2.05, 4.69) is 10.3 Å². The fourth-order valence-corrected chi connectivity index (χ4v) is 1.54. The lowest BCUT2D eigenvalue weighted by Crippen LogP contribution is -2.02. The third kappa shape index (κ3) is 3.14. The van der Waals surface area contributed by atoms with Crippen molar-refractivity contribution in [2.24, 2.45) is 0 Å². The maximum absolute atomic E-state index is 10.4. The molecule has 0 unspecified atom stereocenters. The molecule has 0 spiro atoms. The molecule has 0 amide bonds. The number of benzene rings is 1. The topological polar surface area (TPSA) is 68.0 Å². The van der Waals surface area contributed by atoms with Crippen LogP contribution < -0.4 is 0 Å². The molecule has 2 aromatic rings. The largest absolute Gasteiger partial charge is 0.481 e. The van der Waals surface area contributed by atoms with Crippen molar-refractivity contribution in [2.75, 3.05) is 0 Å². The van der Waals surface area contributed by atoms with Crippen molar-refractivity contribution in [3.05, 3.63) is 36.5 Å². The van der Waals surface area contributed by atoms with Crippen LogP contribution in [0.3, 0.4) is 0 Å². The molecule has 5 heteroatoms. The fraction of sp³-hybridized carbons (Fsp3) is 0.250. The Bertz CT molecular complexity index is 493. The van der Waals surface area contributed by atoms with Crippen molar-refractivity contribution >= 4 is 5.97 Å². The maximum atomic E-state index is 10.4. The third-order valence-electron chi connectivity index (χ3n) is 2.39. The van der Waals surface area contributed by atoms with Gasteiger partial charge >= 0.3 is 5.97 Å². The molecule has 5 nitrogen and oxygen atoms in total. The van der Waals surface area contributed by atoms with E-state index in [-0.39, 0.29) is 6.42 Å². The van der Waals surface area contributed by atoms with E-state index in [0.717, 1.165) is 11.3 Å². The first-order chi connectivity index (χ1) is 8.25. The predicted molar refractivity (Wildman–Crippen MR) is 62.3 cm³/mol. The van der Waals surface area contributed by atoms with Gasteiger partial charge < -0.3 is 5.11 Å². The summed E-state index contributed by atoms with van der Waals surface area (Å²) < 4.78 is 1.67. The number of carboxylic acids is 1. The zero-order valence-corrected chi connectivity index (χ0v) is 9.28. The van der Waals surface area contributed by atoms with E-state index in [9.17, 15) is 4.79 Å². The van der Waals surface area contributed by atoms with E-state index < -0.39 is 5.97 Å². The van der Waals surface area contributed by atoms with Gasteiger partial charge in [-0.2, -0.15) is 0 Å². The normalized spacial score (nSPS) is 10.4. The highest BCUT2D eigenvalue weighted by Gasteiger charge is 2.03. The van der Waals surface area contributed by atoms with Crippen LogP contribution in [0.5, 0.6) is 0 Å². The van der Waals surface area contributed by atoms with Gasteiger partial charge in [0, 0.05) is 18.5 Å². The second-order valence-corrected chi connectivity index (χ2v) is 3.73. The van der Waals surface area contributed by atoms with E-state index in [1.165, 1.54) is 0 Å². The molecule has 0 aliphatic heterocycles. The van der Waals surface area contributed by atoms with Crippen molar-refractivity contribution in [3.63, 3.8) is 0 Å². The highest BCUT2D eigenvalue weighted by atomic mass is 16.4. The molecule has 1 N–H and O–H groups in total. The molecule has 0 bridgehead atoms. The highest BCUT2D eigenvalue weighted by molar-refractivity contribution is 5.66. The van der Waals surface area contributed by atoms with Gasteiger partial charge in [0.05, 0.1) is 6.20 Å². The van der Waals surface area contributed by atoms with Crippen molar-refractivity contribution in [1.29, 1.82) is 0 Å². The Hall–Kier alpha value is -2.17. The molecule has 0 aliphatic carbocycles. The molecule has 2 rings (SSSR count). The van der Waals surface area contributed by atoms with Crippen LogP contribution in [0.15, 0.2) is 36.5 Å². The molecule has 88 valence electrons. The summed E-state index contributed by atoms with van der Waals surface area (Å²) in [5, 5.41) is 16.5. The number of hydrogen-bond acceptors (Lipinski definition) is 3. The van der Waals surface area contributed by atoms with E-state index in [4.69, 9.17) is 5.11 Å². The van der Waals surface area contributed by atoms with Gasteiger partial charge in [-0.3, -0.25) is 9.48 Å². The van der Waals surface area contributed by atoms with E-state index in [1.807, 2.05) is 36.5 Å². The summed E-state index contributed by atoms with van der Waals surface area (Å²) >= 11 is 0. The van der Waals surface area contributed by atoms with Crippen LogP contribution in [0.4, 0.5) is 0 Å². The van der Waals surface area contributed by atoms with Crippen molar-refractivity contribution in [2.45, 2.75) is 19.4 Å². The van der Waals surface area contributed by atoms with Crippen molar-refractivity contribution in [3.8, 4) is 11.3 Å². The number of aromatic nitrogens is 3. The van der Waals surface area contributed by atoms with Crippen LogP contribution in [0.2, 0.25) is 0 Å².